The van der Waals surface area contributed by atoms with Crippen LogP contribution in [0.3, 0.4) is 0 Å². The predicted octanol–water partition coefficient (Wildman–Crippen LogP) is 3.85. The predicted molar refractivity (Wildman–Crippen MR) is 68.0 cm³/mol. The lowest BCUT2D eigenvalue weighted by molar-refractivity contribution is 0.295. The molecular weight excluding hydrogens is 280 g/mol. The van der Waals surface area contributed by atoms with Crippen molar-refractivity contribution in [3.63, 3.8) is 0 Å². The smallest absolute Gasteiger partial charge is 0.123 e. The average molecular weight is 297 g/mol. The van der Waals surface area contributed by atoms with E-state index in [1.165, 1.54) is 6.07 Å². The van der Waals surface area contributed by atoms with Crippen molar-refractivity contribution in [3.05, 3.63) is 34.1 Å². The third-order valence-corrected chi connectivity index (χ3v) is 3.07. The molecule has 0 bridgehead atoms. The fourth-order valence-corrected chi connectivity index (χ4v) is 1.72. The molecule has 0 aromatic heterocycles. The van der Waals surface area contributed by atoms with Gasteiger partial charge in [-0.1, -0.05) is 29.8 Å². The summed E-state index contributed by atoms with van der Waals surface area (Å²) in [7, 11) is 0. The molecule has 0 aliphatic carbocycles. The van der Waals surface area contributed by atoms with E-state index in [0.29, 0.717) is 0 Å². The highest BCUT2D eigenvalue weighted by molar-refractivity contribution is 9.10. The van der Waals surface area contributed by atoms with Crippen LogP contribution in [0, 0.1) is 5.82 Å². The van der Waals surface area contributed by atoms with Crippen molar-refractivity contribution in [1.82, 2.24) is 4.90 Å². The Morgan fingerprint density at radius 2 is 1.87 bits per heavy atom. The summed E-state index contributed by atoms with van der Waals surface area (Å²) in [5.41, 5.74) is 1.01. The largest absolute Gasteiger partial charge is 0.300 e. The molecule has 0 aliphatic rings. The third-order valence-electron chi connectivity index (χ3n) is 2.30. The number of rotatable bonds is 4. The first-order chi connectivity index (χ1) is 6.67. The van der Waals surface area contributed by atoms with E-state index in [1.54, 1.807) is 12.1 Å². The lowest BCUT2D eigenvalue weighted by Gasteiger charge is -2.18. The zero-order valence-corrected chi connectivity index (χ0v) is 11.4. The molecule has 0 amide bonds. The summed E-state index contributed by atoms with van der Waals surface area (Å²) in [5.74, 6) is -0.171. The molecule has 0 radical (unpaired) electrons. The molecule has 1 nitrogen and oxygen atoms in total. The first-order valence-corrected chi connectivity index (χ1v) is 5.63. The molecule has 0 atom stereocenters. The monoisotopic (exact) mass is 295 g/mol. The van der Waals surface area contributed by atoms with Crippen LogP contribution >= 0.6 is 28.3 Å². The van der Waals surface area contributed by atoms with E-state index in [0.717, 1.165) is 29.7 Å². The highest BCUT2D eigenvalue weighted by Gasteiger charge is 2.05. The molecule has 1 rings (SSSR count). The van der Waals surface area contributed by atoms with E-state index in [2.05, 4.69) is 34.7 Å². The minimum atomic E-state index is -0.171. The van der Waals surface area contributed by atoms with E-state index >= 15 is 0 Å². The van der Waals surface area contributed by atoms with E-state index in [4.69, 9.17) is 0 Å². The van der Waals surface area contributed by atoms with Crippen LogP contribution in [0.25, 0.3) is 0 Å². The van der Waals surface area contributed by atoms with Crippen molar-refractivity contribution in [2.75, 3.05) is 13.1 Å². The van der Waals surface area contributed by atoms with Gasteiger partial charge in [-0.2, -0.15) is 0 Å². The highest BCUT2D eigenvalue weighted by Crippen LogP contribution is 2.19. The second kappa shape index (κ2) is 7.20. The highest BCUT2D eigenvalue weighted by atomic mass is 79.9. The molecule has 0 saturated heterocycles. The van der Waals surface area contributed by atoms with Crippen LogP contribution in [0.4, 0.5) is 4.39 Å². The van der Waals surface area contributed by atoms with Gasteiger partial charge in [-0.15, -0.1) is 12.4 Å². The minimum Gasteiger partial charge on any atom is -0.300 e. The number of benzene rings is 1. The first-order valence-electron chi connectivity index (χ1n) is 4.83. The van der Waals surface area contributed by atoms with Gasteiger partial charge in [0.15, 0.2) is 0 Å². The van der Waals surface area contributed by atoms with Crippen LogP contribution in [0.15, 0.2) is 22.7 Å². The van der Waals surface area contributed by atoms with Gasteiger partial charge in [0, 0.05) is 11.0 Å². The summed E-state index contributed by atoms with van der Waals surface area (Å²) in [6, 6.07) is 4.81. The molecule has 0 unspecified atom stereocenters. The summed E-state index contributed by atoms with van der Waals surface area (Å²) >= 11 is 3.42. The van der Waals surface area contributed by atoms with Crippen molar-refractivity contribution in [2.24, 2.45) is 0 Å². The molecule has 0 N–H and O–H groups in total. The maximum absolute atomic E-state index is 13.0. The van der Waals surface area contributed by atoms with E-state index in [9.17, 15) is 4.39 Å². The molecule has 0 saturated carbocycles. The van der Waals surface area contributed by atoms with E-state index in [1.807, 2.05) is 0 Å². The van der Waals surface area contributed by atoms with E-state index < -0.39 is 0 Å². The van der Waals surface area contributed by atoms with Gasteiger partial charge in [-0.25, -0.2) is 4.39 Å². The Balaban J connectivity index is 0.00000196. The first kappa shape index (κ1) is 14.9. The Kier molecular flexibility index (Phi) is 7.14. The summed E-state index contributed by atoms with van der Waals surface area (Å²) in [6.45, 7) is 6.98. The van der Waals surface area contributed by atoms with Gasteiger partial charge >= 0.3 is 0 Å². The quantitative estimate of drug-likeness (QED) is 0.816. The van der Waals surface area contributed by atoms with Gasteiger partial charge in [0.1, 0.15) is 5.82 Å². The standard InChI is InChI=1S/C11H15BrFN.ClH/c1-3-14(4-2)8-9-7-10(13)5-6-11(9)12;/h5-7H,3-4,8H2,1-2H3;1H. The molecule has 1 aromatic rings. The molecule has 15 heavy (non-hydrogen) atoms. The average Bonchev–Trinajstić information content (AvgIpc) is 2.19. The molecular formula is C11H16BrClFN. The van der Waals surface area contributed by atoms with Crippen LogP contribution in [0.5, 0.6) is 0 Å². The lowest BCUT2D eigenvalue weighted by Crippen LogP contribution is -2.22. The Hall–Kier alpha value is -0.120. The van der Waals surface area contributed by atoms with Gasteiger partial charge < -0.3 is 0 Å². The summed E-state index contributed by atoms with van der Waals surface area (Å²) in [6.07, 6.45) is 0. The zero-order valence-electron chi connectivity index (χ0n) is 8.96. The number of nitrogens with zero attached hydrogens (tertiary/aromatic N) is 1. The van der Waals surface area contributed by atoms with Crippen molar-refractivity contribution in [1.29, 1.82) is 0 Å². The number of hydrogen-bond donors (Lipinski definition) is 0. The molecule has 0 heterocycles. The van der Waals surface area contributed by atoms with Crippen molar-refractivity contribution < 1.29 is 4.39 Å². The van der Waals surface area contributed by atoms with Crippen LogP contribution in [-0.4, -0.2) is 18.0 Å². The number of halogens is 3. The maximum atomic E-state index is 13.0. The van der Waals surface area contributed by atoms with Gasteiger partial charge in [0.25, 0.3) is 0 Å². The minimum absolute atomic E-state index is 0. The van der Waals surface area contributed by atoms with Crippen LogP contribution in [-0.2, 0) is 6.54 Å². The van der Waals surface area contributed by atoms with E-state index in [-0.39, 0.29) is 18.2 Å². The second-order valence-corrected chi connectivity index (χ2v) is 4.05. The SMILES string of the molecule is CCN(CC)Cc1cc(F)ccc1Br.Cl. The van der Waals surface area contributed by atoms with Crippen LogP contribution in [0.2, 0.25) is 0 Å². The molecule has 0 aliphatic heterocycles. The third kappa shape index (κ3) is 4.49. The summed E-state index contributed by atoms with van der Waals surface area (Å²) < 4.78 is 13.9. The fourth-order valence-electron chi connectivity index (χ4n) is 1.35. The Morgan fingerprint density at radius 3 is 2.40 bits per heavy atom. The zero-order chi connectivity index (χ0) is 10.6. The number of hydrogen-bond acceptors (Lipinski definition) is 1. The second-order valence-electron chi connectivity index (χ2n) is 3.20. The summed E-state index contributed by atoms with van der Waals surface area (Å²) in [4.78, 5) is 2.25. The van der Waals surface area contributed by atoms with Gasteiger partial charge in [-0.05, 0) is 36.9 Å². The van der Waals surface area contributed by atoms with Crippen molar-refractivity contribution >= 4 is 28.3 Å². The molecule has 4 heteroatoms. The van der Waals surface area contributed by atoms with Crippen molar-refractivity contribution in [3.8, 4) is 0 Å². The lowest BCUT2D eigenvalue weighted by atomic mass is 10.2. The Labute approximate surface area is 105 Å². The molecule has 0 spiro atoms. The maximum Gasteiger partial charge on any atom is 0.123 e. The summed E-state index contributed by atoms with van der Waals surface area (Å²) in [5, 5.41) is 0. The van der Waals surface area contributed by atoms with Gasteiger partial charge in [0.2, 0.25) is 0 Å². The van der Waals surface area contributed by atoms with Crippen LogP contribution < -0.4 is 0 Å². The molecule has 0 fully saturated rings. The Bertz CT molecular complexity index is 303. The topological polar surface area (TPSA) is 3.24 Å². The fraction of sp³-hybridized carbons (Fsp3) is 0.455. The van der Waals surface area contributed by atoms with Gasteiger partial charge in [-0.3, -0.25) is 4.90 Å². The van der Waals surface area contributed by atoms with Crippen molar-refractivity contribution in [2.45, 2.75) is 20.4 Å². The molecule has 1 aromatic carbocycles. The van der Waals surface area contributed by atoms with Gasteiger partial charge in [0.05, 0.1) is 0 Å². The van der Waals surface area contributed by atoms with Crippen LogP contribution in [0.1, 0.15) is 19.4 Å². The molecule has 86 valence electrons. The normalized spacial score (nSPS) is 10.2. The Morgan fingerprint density at radius 1 is 1.27 bits per heavy atom.